The summed E-state index contributed by atoms with van der Waals surface area (Å²) in [6.07, 6.45) is 3.80. The molecular weight excluding hydrogens is 272 g/mol. The Labute approximate surface area is 123 Å². The number of sulfonamides is 1. The molecule has 0 fully saturated rings. The van der Waals surface area contributed by atoms with Crippen LogP contribution in [0.3, 0.4) is 0 Å². The van der Waals surface area contributed by atoms with Crippen molar-refractivity contribution in [2.24, 2.45) is 5.73 Å². The molecule has 5 heteroatoms. The summed E-state index contributed by atoms with van der Waals surface area (Å²) in [5.74, 6) is 0. The van der Waals surface area contributed by atoms with Crippen molar-refractivity contribution in [1.82, 2.24) is 4.31 Å². The molecule has 0 aliphatic carbocycles. The lowest BCUT2D eigenvalue weighted by Crippen LogP contribution is -2.28. The topological polar surface area (TPSA) is 63.4 Å². The largest absolute Gasteiger partial charge is 0.324 e. The first-order valence-electron chi connectivity index (χ1n) is 7.25. The van der Waals surface area contributed by atoms with Gasteiger partial charge in [-0.3, -0.25) is 0 Å². The molecule has 4 nitrogen and oxygen atoms in total. The molecule has 20 heavy (non-hydrogen) atoms. The Morgan fingerprint density at radius 2 is 1.95 bits per heavy atom. The Kier molecular flexibility index (Phi) is 6.65. The minimum Gasteiger partial charge on any atom is -0.324 e. The molecule has 1 aromatic carbocycles. The molecule has 0 radical (unpaired) electrons. The first kappa shape index (κ1) is 17.1. The summed E-state index contributed by atoms with van der Waals surface area (Å²) < 4.78 is 26.4. The summed E-state index contributed by atoms with van der Waals surface area (Å²) in [7, 11) is -1.77. The first-order valence-corrected chi connectivity index (χ1v) is 8.69. The summed E-state index contributed by atoms with van der Waals surface area (Å²) >= 11 is 0. The lowest BCUT2D eigenvalue weighted by molar-refractivity contribution is 0.454. The molecule has 1 atom stereocenters. The van der Waals surface area contributed by atoms with Gasteiger partial charge >= 0.3 is 0 Å². The van der Waals surface area contributed by atoms with Crippen LogP contribution in [-0.4, -0.2) is 26.3 Å². The monoisotopic (exact) mass is 298 g/mol. The normalized spacial score (nSPS) is 13.7. The standard InChI is InChI=1S/C15H26N2O2S/c1-4-6-7-11-17(3)20(18,19)14-10-8-9-13(12-14)15(16)5-2/h8-10,12,15H,4-7,11,16H2,1-3H3. The zero-order valence-corrected chi connectivity index (χ0v) is 13.5. The molecule has 0 heterocycles. The van der Waals surface area contributed by atoms with E-state index < -0.39 is 10.0 Å². The van der Waals surface area contributed by atoms with E-state index in [-0.39, 0.29) is 6.04 Å². The van der Waals surface area contributed by atoms with Crippen molar-refractivity contribution < 1.29 is 8.42 Å². The van der Waals surface area contributed by atoms with Gasteiger partial charge in [0.25, 0.3) is 0 Å². The molecular formula is C15H26N2O2S. The molecule has 0 saturated heterocycles. The van der Waals surface area contributed by atoms with Gasteiger partial charge in [0.1, 0.15) is 0 Å². The van der Waals surface area contributed by atoms with Gasteiger partial charge in [-0.2, -0.15) is 0 Å². The van der Waals surface area contributed by atoms with Crippen LogP contribution in [0.1, 0.15) is 51.1 Å². The minimum absolute atomic E-state index is 0.115. The molecule has 1 rings (SSSR count). The van der Waals surface area contributed by atoms with Crippen LogP contribution in [0.2, 0.25) is 0 Å². The highest BCUT2D eigenvalue weighted by Gasteiger charge is 2.21. The maximum Gasteiger partial charge on any atom is 0.242 e. The predicted octanol–water partition coefficient (Wildman–Crippen LogP) is 2.91. The van der Waals surface area contributed by atoms with Gasteiger partial charge in [-0.15, -0.1) is 0 Å². The summed E-state index contributed by atoms with van der Waals surface area (Å²) in [5.41, 5.74) is 6.84. The smallest absolute Gasteiger partial charge is 0.242 e. The molecule has 0 saturated carbocycles. The van der Waals surface area contributed by atoms with E-state index in [2.05, 4.69) is 6.92 Å². The molecule has 114 valence electrons. The lowest BCUT2D eigenvalue weighted by atomic mass is 10.1. The predicted molar refractivity (Wildman–Crippen MR) is 83.0 cm³/mol. The van der Waals surface area contributed by atoms with Crippen molar-refractivity contribution in [3.63, 3.8) is 0 Å². The Morgan fingerprint density at radius 1 is 1.25 bits per heavy atom. The van der Waals surface area contributed by atoms with Gasteiger partial charge in [0, 0.05) is 19.6 Å². The Bertz CT molecular complexity index is 514. The van der Waals surface area contributed by atoms with Gasteiger partial charge in [0.2, 0.25) is 10.0 Å². The fraction of sp³-hybridized carbons (Fsp3) is 0.600. The van der Waals surface area contributed by atoms with Gasteiger partial charge in [0.15, 0.2) is 0 Å². The van der Waals surface area contributed by atoms with Crippen molar-refractivity contribution in [1.29, 1.82) is 0 Å². The zero-order chi connectivity index (χ0) is 15.2. The maximum absolute atomic E-state index is 12.5. The molecule has 1 aromatic rings. The molecule has 1 unspecified atom stereocenters. The Morgan fingerprint density at radius 3 is 2.55 bits per heavy atom. The molecule has 0 aliphatic rings. The molecule has 0 spiro atoms. The van der Waals surface area contributed by atoms with Gasteiger partial charge in [-0.05, 0) is 30.5 Å². The molecule has 0 amide bonds. The highest BCUT2D eigenvalue weighted by atomic mass is 32.2. The summed E-state index contributed by atoms with van der Waals surface area (Å²) in [6, 6.07) is 6.86. The van der Waals surface area contributed by atoms with Crippen molar-refractivity contribution >= 4 is 10.0 Å². The third kappa shape index (κ3) is 4.30. The van der Waals surface area contributed by atoms with E-state index in [1.54, 1.807) is 25.2 Å². The minimum atomic E-state index is -3.41. The first-order chi connectivity index (χ1) is 9.43. The van der Waals surface area contributed by atoms with E-state index in [1.807, 2.05) is 13.0 Å². The average Bonchev–Trinajstić information content (AvgIpc) is 2.46. The van der Waals surface area contributed by atoms with Gasteiger partial charge in [-0.25, -0.2) is 12.7 Å². The third-order valence-corrected chi connectivity index (χ3v) is 5.36. The van der Waals surface area contributed by atoms with Crippen molar-refractivity contribution in [3.8, 4) is 0 Å². The number of nitrogens with zero attached hydrogens (tertiary/aromatic N) is 1. The van der Waals surface area contributed by atoms with Gasteiger partial charge in [0.05, 0.1) is 4.90 Å². The second-order valence-electron chi connectivity index (χ2n) is 5.12. The summed E-state index contributed by atoms with van der Waals surface area (Å²) in [5, 5.41) is 0. The van der Waals surface area contributed by atoms with E-state index in [9.17, 15) is 8.42 Å². The van der Waals surface area contributed by atoms with Crippen LogP contribution in [0.25, 0.3) is 0 Å². The number of unbranched alkanes of at least 4 members (excludes halogenated alkanes) is 2. The van der Waals surface area contributed by atoms with E-state index in [1.165, 1.54) is 4.31 Å². The van der Waals surface area contributed by atoms with Crippen molar-refractivity contribution in [2.75, 3.05) is 13.6 Å². The van der Waals surface area contributed by atoms with Crippen molar-refractivity contribution in [2.45, 2.75) is 50.5 Å². The van der Waals surface area contributed by atoms with Crippen LogP contribution in [0, 0.1) is 0 Å². The van der Waals surface area contributed by atoms with Crippen LogP contribution >= 0.6 is 0 Å². The quantitative estimate of drug-likeness (QED) is 0.751. The second kappa shape index (κ2) is 7.76. The number of rotatable bonds is 8. The fourth-order valence-electron chi connectivity index (χ4n) is 2.03. The zero-order valence-electron chi connectivity index (χ0n) is 12.7. The third-order valence-electron chi connectivity index (χ3n) is 3.51. The second-order valence-corrected chi connectivity index (χ2v) is 7.17. The van der Waals surface area contributed by atoms with Crippen LogP contribution in [-0.2, 0) is 10.0 Å². The number of hydrogen-bond acceptors (Lipinski definition) is 3. The van der Waals surface area contributed by atoms with Gasteiger partial charge < -0.3 is 5.73 Å². The molecule has 0 bridgehead atoms. The Balaban J connectivity index is 2.91. The number of hydrogen-bond donors (Lipinski definition) is 1. The van der Waals surface area contributed by atoms with Crippen LogP contribution < -0.4 is 5.73 Å². The number of benzene rings is 1. The van der Waals surface area contributed by atoms with Crippen molar-refractivity contribution in [3.05, 3.63) is 29.8 Å². The van der Waals surface area contributed by atoms with E-state index >= 15 is 0 Å². The van der Waals surface area contributed by atoms with E-state index in [0.717, 1.165) is 31.2 Å². The summed E-state index contributed by atoms with van der Waals surface area (Å²) in [4.78, 5) is 0.331. The summed E-state index contributed by atoms with van der Waals surface area (Å²) in [6.45, 7) is 4.65. The highest BCUT2D eigenvalue weighted by Crippen LogP contribution is 2.20. The average molecular weight is 298 g/mol. The number of nitrogens with two attached hydrogens (primary N) is 1. The molecule has 0 aliphatic heterocycles. The van der Waals surface area contributed by atoms with Crippen LogP contribution in [0.4, 0.5) is 0 Å². The van der Waals surface area contributed by atoms with E-state index in [4.69, 9.17) is 5.73 Å². The van der Waals surface area contributed by atoms with Crippen LogP contribution in [0.15, 0.2) is 29.2 Å². The SMILES string of the molecule is CCCCCN(C)S(=O)(=O)c1cccc(C(N)CC)c1. The fourth-order valence-corrected chi connectivity index (χ4v) is 3.29. The Hall–Kier alpha value is -0.910. The maximum atomic E-state index is 12.5. The van der Waals surface area contributed by atoms with E-state index in [0.29, 0.717) is 11.4 Å². The molecule has 2 N–H and O–H groups in total. The highest BCUT2D eigenvalue weighted by molar-refractivity contribution is 7.89. The van der Waals surface area contributed by atoms with Gasteiger partial charge in [-0.1, -0.05) is 38.8 Å². The lowest BCUT2D eigenvalue weighted by Gasteiger charge is -2.18. The molecule has 0 aromatic heterocycles. The van der Waals surface area contributed by atoms with Crippen LogP contribution in [0.5, 0.6) is 0 Å².